The van der Waals surface area contributed by atoms with Crippen LogP contribution < -0.4 is 5.32 Å². The molecule has 0 aliphatic carbocycles. The van der Waals surface area contributed by atoms with E-state index in [1.165, 1.54) is 12.5 Å². The highest BCUT2D eigenvalue weighted by atomic mass is 16.5. The number of amides is 1. The van der Waals surface area contributed by atoms with Gasteiger partial charge in [0.15, 0.2) is 5.82 Å². The van der Waals surface area contributed by atoms with Crippen LogP contribution in [0.5, 0.6) is 0 Å². The first-order chi connectivity index (χ1) is 10.1. The van der Waals surface area contributed by atoms with Crippen LogP contribution in [0.2, 0.25) is 0 Å². The van der Waals surface area contributed by atoms with Gasteiger partial charge in [0.25, 0.3) is 5.91 Å². The number of hydrogen-bond acceptors (Lipinski definition) is 5. The number of carboxylic acids is 1. The quantitative estimate of drug-likeness (QED) is 0.805. The summed E-state index contributed by atoms with van der Waals surface area (Å²) in [6, 6.07) is 5.05. The lowest BCUT2D eigenvalue weighted by Gasteiger charge is -2.06. The summed E-state index contributed by atoms with van der Waals surface area (Å²) >= 11 is 0. The van der Waals surface area contributed by atoms with E-state index in [0.29, 0.717) is 17.0 Å². The first-order valence-electron chi connectivity index (χ1n) is 6.11. The highest BCUT2D eigenvalue weighted by Crippen LogP contribution is 2.13. The maximum Gasteiger partial charge on any atom is 0.328 e. The summed E-state index contributed by atoms with van der Waals surface area (Å²) in [5, 5.41) is 14.9. The second-order valence-corrected chi connectivity index (χ2v) is 4.27. The highest BCUT2D eigenvalue weighted by molar-refractivity contribution is 5.95. The third kappa shape index (κ3) is 4.00. The second-order valence-electron chi connectivity index (χ2n) is 4.27. The molecule has 1 amide bonds. The van der Waals surface area contributed by atoms with Gasteiger partial charge in [0, 0.05) is 11.6 Å². The number of nitrogens with zero attached hydrogens (tertiary/aromatic N) is 2. The van der Waals surface area contributed by atoms with E-state index in [2.05, 4.69) is 20.0 Å². The number of carboxylic acid groups (broad SMARTS) is 1. The van der Waals surface area contributed by atoms with Gasteiger partial charge in [0.1, 0.15) is 0 Å². The Morgan fingerprint density at radius 2 is 2.24 bits per heavy atom. The van der Waals surface area contributed by atoms with E-state index >= 15 is 0 Å². The Morgan fingerprint density at radius 3 is 2.90 bits per heavy atom. The van der Waals surface area contributed by atoms with Crippen molar-refractivity contribution in [3.05, 3.63) is 53.2 Å². The summed E-state index contributed by atoms with van der Waals surface area (Å²) in [5.41, 5.74) is 1.97. The maximum absolute atomic E-state index is 12.0. The van der Waals surface area contributed by atoms with Gasteiger partial charge in [0.05, 0.1) is 6.54 Å². The van der Waals surface area contributed by atoms with Gasteiger partial charge < -0.3 is 14.9 Å². The molecule has 108 valence electrons. The number of aryl methyl sites for hydroxylation is 1. The van der Waals surface area contributed by atoms with E-state index in [9.17, 15) is 9.59 Å². The Bertz CT molecular complexity index is 678. The van der Waals surface area contributed by atoms with Crippen LogP contribution in [-0.2, 0) is 11.3 Å². The average molecular weight is 287 g/mol. The number of carbonyl (C=O) groups excluding carboxylic acids is 1. The van der Waals surface area contributed by atoms with Crippen molar-refractivity contribution in [1.82, 2.24) is 15.5 Å². The van der Waals surface area contributed by atoms with Crippen molar-refractivity contribution in [1.29, 1.82) is 0 Å². The smallest absolute Gasteiger partial charge is 0.328 e. The summed E-state index contributed by atoms with van der Waals surface area (Å²) in [7, 11) is 0. The number of rotatable bonds is 5. The highest BCUT2D eigenvalue weighted by Gasteiger charge is 2.08. The van der Waals surface area contributed by atoms with Crippen molar-refractivity contribution in [3.8, 4) is 0 Å². The molecule has 0 unspecified atom stereocenters. The molecule has 2 aromatic rings. The molecule has 1 aromatic carbocycles. The minimum Gasteiger partial charge on any atom is -0.478 e. The normalized spacial score (nSPS) is 10.7. The third-order valence-electron chi connectivity index (χ3n) is 2.76. The number of aromatic nitrogens is 2. The standard InChI is InChI=1S/C14H13N3O4/c1-9-2-3-11(6-10(9)4-5-13(18)19)14(20)15-7-12-16-8-21-17-12/h2-6,8H,7H2,1H3,(H,15,20)(H,18,19)/b5-4+. The topological polar surface area (TPSA) is 105 Å². The minimum atomic E-state index is -1.04. The van der Waals surface area contributed by atoms with Crippen LogP contribution in [0.3, 0.4) is 0 Å². The molecule has 1 aromatic heterocycles. The first kappa shape index (κ1) is 14.4. The molecule has 0 aliphatic rings. The second kappa shape index (κ2) is 6.47. The fraction of sp³-hybridized carbons (Fsp3) is 0.143. The SMILES string of the molecule is Cc1ccc(C(=O)NCc2ncon2)cc1/C=C/C(=O)O. The molecule has 0 fully saturated rings. The number of carbonyl (C=O) groups is 2. The maximum atomic E-state index is 12.0. The fourth-order valence-corrected chi connectivity index (χ4v) is 1.65. The summed E-state index contributed by atoms with van der Waals surface area (Å²) in [6.45, 7) is 1.99. The predicted molar refractivity (Wildman–Crippen MR) is 73.3 cm³/mol. The van der Waals surface area contributed by atoms with Crippen LogP contribution in [0.15, 0.2) is 35.2 Å². The van der Waals surface area contributed by atoms with Crippen molar-refractivity contribution in [3.63, 3.8) is 0 Å². The van der Waals surface area contributed by atoms with Crippen LogP contribution in [0.1, 0.15) is 27.3 Å². The molecule has 2 N–H and O–H groups in total. The average Bonchev–Trinajstić information content (AvgIpc) is 2.97. The molecule has 21 heavy (non-hydrogen) atoms. The van der Waals surface area contributed by atoms with Gasteiger partial charge in [-0.05, 0) is 36.3 Å². The third-order valence-corrected chi connectivity index (χ3v) is 2.76. The summed E-state index contributed by atoms with van der Waals surface area (Å²) in [5.74, 6) is -0.965. The van der Waals surface area contributed by atoms with Gasteiger partial charge in [-0.25, -0.2) is 4.79 Å². The van der Waals surface area contributed by atoms with Gasteiger partial charge >= 0.3 is 5.97 Å². The Balaban J connectivity index is 2.10. The molecule has 2 rings (SSSR count). The Labute approximate surface area is 120 Å². The monoisotopic (exact) mass is 287 g/mol. The molecule has 0 aliphatic heterocycles. The van der Waals surface area contributed by atoms with Crippen LogP contribution >= 0.6 is 0 Å². The van der Waals surface area contributed by atoms with Crippen LogP contribution in [0.4, 0.5) is 0 Å². The lowest BCUT2D eigenvalue weighted by molar-refractivity contribution is -0.131. The molecule has 0 bridgehead atoms. The van der Waals surface area contributed by atoms with Gasteiger partial charge in [-0.3, -0.25) is 4.79 Å². The molecule has 7 heteroatoms. The van der Waals surface area contributed by atoms with E-state index < -0.39 is 5.97 Å². The Morgan fingerprint density at radius 1 is 1.43 bits per heavy atom. The summed E-state index contributed by atoms with van der Waals surface area (Å²) in [6.07, 6.45) is 3.67. The molecule has 0 radical (unpaired) electrons. The predicted octanol–water partition coefficient (Wildman–Crippen LogP) is 1.41. The van der Waals surface area contributed by atoms with Crippen molar-refractivity contribution < 1.29 is 19.2 Å². The van der Waals surface area contributed by atoms with E-state index in [4.69, 9.17) is 5.11 Å². The van der Waals surface area contributed by atoms with Crippen molar-refractivity contribution in [2.45, 2.75) is 13.5 Å². The summed E-state index contributed by atoms with van der Waals surface area (Å²) in [4.78, 5) is 26.3. The van der Waals surface area contributed by atoms with E-state index in [-0.39, 0.29) is 12.5 Å². The molecule has 0 saturated heterocycles. The van der Waals surface area contributed by atoms with Gasteiger partial charge in [-0.1, -0.05) is 11.2 Å². The molecule has 0 saturated carbocycles. The van der Waals surface area contributed by atoms with Crippen LogP contribution in [-0.4, -0.2) is 27.1 Å². The van der Waals surface area contributed by atoms with E-state index in [1.54, 1.807) is 18.2 Å². The number of hydrogen-bond donors (Lipinski definition) is 2. The molecule has 7 nitrogen and oxygen atoms in total. The molecule has 0 spiro atoms. The zero-order valence-electron chi connectivity index (χ0n) is 11.2. The zero-order chi connectivity index (χ0) is 15.2. The lowest BCUT2D eigenvalue weighted by atomic mass is 10.0. The number of nitrogens with one attached hydrogen (secondary N) is 1. The number of benzene rings is 1. The molecular weight excluding hydrogens is 274 g/mol. The lowest BCUT2D eigenvalue weighted by Crippen LogP contribution is -2.23. The van der Waals surface area contributed by atoms with Crippen molar-refractivity contribution >= 4 is 18.0 Å². The van der Waals surface area contributed by atoms with E-state index in [0.717, 1.165) is 11.6 Å². The van der Waals surface area contributed by atoms with Crippen LogP contribution in [0, 0.1) is 6.92 Å². The first-order valence-corrected chi connectivity index (χ1v) is 6.11. The van der Waals surface area contributed by atoms with E-state index in [1.807, 2.05) is 6.92 Å². The van der Waals surface area contributed by atoms with Gasteiger partial charge in [-0.2, -0.15) is 4.98 Å². The minimum absolute atomic E-state index is 0.156. The summed E-state index contributed by atoms with van der Waals surface area (Å²) < 4.78 is 4.56. The molecule has 1 heterocycles. The Kier molecular flexibility index (Phi) is 4.45. The van der Waals surface area contributed by atoms with Gasteiger partial charge in [-0.15, -0.1) is 0 Å². The fourth-order valence-electron chi connectivity index (χ4n) is 1.65. The van der Waals surface area contributed by atoms with Crippen molar-refractivity contribution in [2.75, 3.05) is 0 Å². The Hall–Kier alpha value is -2.96. The molecular formula is C14H13N3O4. The number of aliphatic carboxylic acids is 1. The molecule has 0 atom stereocenters. The van der Waals surface area contributed by atoms with Gasteiger partial charge in [0.2, 0.25) is 6.39 Å². The zero-order valence-corrected chi connectivity index (χ0v) is 11.2. The largest absolute Gasteiger partial charge is 0.478 e. The van der Waals surface area contributed by atoms with Crippen molar-refractivity contribution in [2.24, 2.45) is 0 Å². The van der Waals surface area contributed by atoms with Crippen LogP contribution in [0.25, 0.3) is 6.08 Å².